The summed E-state index contributed by atoms with van der Waals surface area (Å²) in [5, 5.41) is 0. The highest BCUT2D eigenvalue weighted by atomic mass is 127. The van der Waals surface area contributed by atoms with Crippen molar-refractivity contribution in [1.82, 2.24) is 4.57 Å². The third-order valence-corrected chi connectivity index (χ3v) is 7.11. The first-order chi connectivity index (χ1) is 15.8. The van der Waals surface area contributed by atoms with Gasteiger partial charge in [-0.15, -0.1) is 0 Å². The molecule has 1 aliphatic heterocycles. The van der Waals surface area contributed by atoms with Crippen LogP contribution in [-0.4, -0.2) is 31.2 Å². The second-order valence-corrected chi connectivity index (χ2v) is 10.1. The largest absolute Gasteiger partial charge is 0.463 e. The van der Waals surface area contributed by atoms with Gasteiger partial charge in [-0.1, -0.05) is 35.6 Å². The summed E-state index contributed by atoms with van der Waals surface area (Å²) < 4.78 is 8.67. The van der Waals surface area contributed by atoms with E-state index in [-0.39, 0.29) is 12.2 Å². The molecule has 8 heteroatoms. The molecular weight excluding hydrogens is 549 g/mol. The molecule has 0 saturated carbocycles. The van der Waals surface area contributed by atoms with Gasteiger partial charge < -0.3 is 9.64 Å². The molecule has 0 radical (unpaired) electrons. The minimum atomic E-state index is -0.601. The number of rotatable bonds is 5. The predicted octanol–water partition coefficient (Wildman–Crippen LogP) is 3.47. The van der Waals surface area contributed by atoms with Crippen LogP contribution in [0.5, 0.6) is 0 Å². The van der Waals surface area contributed by atoms with Crippen LogP contribution < -0.4 is 19.8 Å². The number of anilines is 1. The highest BCUT2D eigenvalue weighted by Gasteiger charge is 2.33. The lowest BCUT2D eigenvalue weighted by Crippen LogP contribution is -2.39. The molecule has 1 atom stereocenters. The summed E-state index contributed by atoms with van der Waals surface area (Å²) >= 11 is 3.58. The van der Waals surface area contributed by atoms with Crippen molar-refractivity contribution in [2.75, 3.05) is 25.6 Å². The van der Waals surface area contributed by atoms with Crippen molar-refractivity contribution < 1.29 is 9.53 Å². The summed E-state index contributed by atoms with van der Waals surface area (Å²) in [4.78, 5) is 33.7. The molecule has 0 unspecified atom stereocenters. The number of benzene rings is 2. The number of hydrogen-bond acceptors (Lipinski definition) is 6. The molecule has 2 heterocycles. The van der Waals surface area contributed by atoms with Crippen LogP contribution in [0.25, 0.3) is 6.08 Å². The first-order valence-electron chi connectivity index (χ1n) is 10.5. The van der Waals surface area contributed by atoms with Crippen LogP contribution in [0.15, 0.2) is 69.6 Å². The summed E-state index contributed by atoms with van der Waals surface area (Å²) in [5.74, 6) is -0.452. The van der Waals surface area contributed by atoms with E-state index in [1.165, 1.54) is 11.3 Å². The van der Waals surface area contributed by atoms with Crippen molar-refractivity contribution in [3.8, 4) is 0 Å². The Balaban J connectivity index is 1.92. The molecule has 6 nitrogen and oxygen atoms in total. The average molecular weight is 573 g/mol. The molecule has 0 saturated heterocycles. The number of allylic oxidation sites excluding steroid dienone is 1. The molecule has 0 fully saturated rings. The van der Waals surface area contributed by atoms with Gasteiger partial charge in [0.05, 0.1) is 28.5 Å². The number of fused-ring (bicyclic) bond motifs is 1. The second-order valence-electron chi connectivity index (χ2n) is 7.84. The average Bonchev–Trinajstić information content (AvgIpc) is 3.09. The molecule has 1 aliphatic rings. The van der Waals surface area contributed by atoms with E-state index in [0.29, 0.717) is 20.6 Å². The molecule has 2 aromatic carbocycles. The van der Waals surface area contributed by atoms with Gasteiger partial charge in [-0.3, -0.25) is 9.36 Å². The highest BCUT2D eigenvalue weighted by Crippen LogP contribution is 2.31. The van der Waals surface area contributed by atoms with E-state index < -0.39 is 12.0 Å². The zero-order valence-corrected chi connectivity index (χ0v) is 21.8. The van der Waals surface area contributed by atoms with Gasteiger partial charge in [-0.2, -0.15) is 0 Å². The number of esters is 1. The summed E-state index contributed by atoms with van der Waals surface area (Å²) in [5.41, 5.74) is 3.59. The molecule has 170 valence electrons. The Kier molecular flexibility index (Phi) is 6.85. The number of aromatic nitrogens is 1. The maximum Gasteiger partial charge on any atom is 0.338 e. The molecule has 0 N–H and O–H groups in total. The van der Waals surface area contributed by atoms with Gasteiger partial charge >= 0.3 is 5.97 Å². The zero-order valence-electron chi connectivity index (χ0n) is 18.8. The predicted molar refractivity (Wildman–Crippen MR) is 140 cm³/mol. The lowest BCUT2D eigenvalue weighted by molar-refractivity contribution is -0.139. The Hall–Kier alpha value is -2.72. The fourth-order valence-electron chi connectivity index (χ4n) is 3.77. The fourth-order valence-corrected chi connectivity index (χ4v) is 5.18. The number of carbonyl (C=O) groups excluding carboxylic acids is 1. The summed E-state index contributed by atoms with van der Waals surface area (Å²) in [6.45, 7) is 3.81. The van der Waals surface area contributed by atoms with E-state index in [4.69, 9.17) is 4.74 Å². The zero-order chi connectivity index (χ0) is 23.7. The number of thiazole rings is 1. The van der Waals surface area contributed by atoms with Gasteiger partial charge in [-0.25, -0.2) is 9.79 Å². The van der Waals surface area contributed by atoms with Crippen LogP contribution in [0.1, 0.15) is 31.0 Å². The maximum atomic E-state index is 13.6. The Morgan fingerprint density at radius 1 is 1.18 bits per heavy atom. The van der Waals surface area contributed by atoms with Crippen molar-refractivity contribution in [3.63, 3.8) is 0 Å². The Morgan fingerprint density at radius 3 is 2.45 bits per heavy atom. The molecule has 3 aromatic rings. The third-order valence-electron chi connectivity index (χ3n) is 5.41. The fraction of sp³-hybridized carbons (Fsp3) is 0.240. The molecule has 4 rings (SSSR count). The number of ether oxygens (including phenoxy) is 1. The first kappa shape index (κ1) is 23.4. The molecule has 0 spiro atoms. The van der Waals surface area contributed by atoms with Crippen molar-refractivity contribution in [1.29, 1.82) is 0 Å². The molecular formula is C25H24IN3O3S. The minimum Gasteiger partial charge on any atom is -0.463 e. The Labute approximate surface area is 209 Å². The van der Waals surface area contributed by atoms with E-state index in [1.807, 2.05) is 73.6 Å². The van der Waals surface area contributed by atoms with Crippen molar-refractivity contribution in [2.45, 2.75) is 19.9 Å². The molecule has 0 bridgehead atoms. The van der Waals surface area contributed by atoms with Gasteiger partial charge in [0.1, 0.15) is 0 Å². The van der Waals surface area contributed by atoms with Crippen molar-refractivity contribution >= 4 is 51.7 Å². The third kappa shape index (κ3) is 4.67. The van der Waals surface area contributed by atoms with Crippen LogP contribution in [0.3, 0.4) is 0 Å². The van der Waals surface area contributed by atoms with Gasteiger partial charge in [0, 0.05) is 23.4 Å². The van der Waals surface area contributed by atoms with Gasteiger partial charge in [-0.05, 0) is 77.9 Å². The summed E-state index contributed by atoms with van der Waals surface area (Å²) in [6, 6.07) is 15.2. The monoisotopic (exact) mass is 573 g/mol. The van der Waals surface area contributed by atoms with Crippen LogP contribution in [0.2, 0.25) is 0 Å². The topological polar surface area (TPSA) is 63.9 Å². The molecule has 33 heavy (non-hydrogen) atoms. The molecule has 1 aromatic heterocycles. The smallest absolute Gasteiger partial charge is 0.338 e. The molecule has 0 amide bonds. The lowest BCUT2D eigenvalue weighted by Gasteiger charge is -2.25. The number of halogens is 1. The van der Waals surface area contributed by atoms with Crippen molar-refractivity contribution in [3.05, 3.63) is 94.2 Å². The van der Waals surface area contributed by atoms with Crippen LogP contribution in [0, 0.1) is 3.57 Å². The van der Waals surface area contributed by atoms with Gasteiger partial charge in [0.25, 0.3) is 5.56 Å². The maximum absolute atomic E-state index is 13.6. The van der Waals surface area contributed by atoms with E-state index in [9.17, 15) is 9.59 Å². The number of nitrogens with zero attached hydrogens (tertiary/aromatic N) is 3. The summed E-state index contributed by atoms with van der Waals surface area (Å²) in [6.07, 6.45) is 1.87. The highest BCUT2D eigenvalue weighted by molar-refractivity contribution is 14.1. The lowest BCUT2D eigenvalue weighted by atomic mass is 9.95. The number of carbonyl (C=O) groups is 1. The number of hydrogen-bond donors (Lipinski definition) is 0. The van der Waals surface area contributed by atoms with E-state index in [2.05, 4.69) is 27.6 Å². The first-order valence-corrected chi connectivity index (χ1v) is 12.4. The molecule has 0 aliphatic carbocycles. The summed E-state index contributed by atoms with van der Waals surface area (Å²) in [7, 11) is 3.94. The van der Waals surface area contributed by atoms with E-state index in [0.717, 1.165) is 20.4 Å². The quantitative estimate of drug-likeness (QED) is 0.347. The minimum absolute atomic E-state index is 0.173. The SMILES string of the molecule is CCOC(=O)C1=C(C)N=c2s/c(=C\c3ccc(I)cc3)c(=O)n2[C@@H]1c1ccc(N(C)C)cc1. The Morgan fingerprint density at radius 2 is 1.85 bits per heavy atom. The standard InChI is InChI=1S/C25H24IN3O3S/c1-5-32-24(31)21-15(2)27-25-29(22(21)17-8-12-19(13-9-17)28(3)4)23(30)20(33-25)14-16-6-10-18(26)11-7-16/h6-14,22H,5H2,1-4H3/b20-14-/t22-/m1/s1. The van der Waals surface area contributed by atoms with Gasteiger partial charge in [0.15, 0.2) is 4.80 Å². The van der Waals surface area contributed by atoms with Crippen LogP contribution in [-0.2, 0) is 9.53 Å². The van der Waals surface area contributed by atoms with E-state index in [1.54, 1.807) is 18.4 Å². The normalized spacial score (nSPS) is 15.8. The van der Waals surface area contributed by atoms with Gasteiger partial charge in [0.2, 0.25) is 0 Å². The van der Waals surface area contributed by atoms with Crippen LogP contribution >= 0.6 is 33.9 Å². The van der Waals surface area contributed by atoms with E-state index >= 15 is 0 Å². The van der Waals surface area contributed by atoms with Crippen molar-refractivity contribution in [2.24, 2.45) is 4.99 Å². The Bertz CT molecular complexity index is 1400. The van der Waals surface area contributed by atoms with Crippen LogP contribution in [0.4, 0.5) is 5.69 Å². The second kappa shape index (κ2) is 9.64.